The van der Waals surface area contributed by atoms with Gasteiger partial charge in [0.2, 0.25) is 0 Å². The zero-order valence-electron chi connectivity index (χ0n) is 8.94. The summed E-state index contributed by atoms with van der Waals surface area (Å²) in [7, 11) is 0. The number of carboxylic acids is 1. The third kappa shape index (κ3) is 2.61. The molecule has 2 aliphatic rings. The summed E-state index contributed by atoms with van der Waals surface area (Å²) >= 11 is 1.87. The second kappa shape index (κ2) is 4.95. The standard InChI is InChI=1S/C10H16N2O3S/c13-8(14)4-2-1-3-7-9-6(5-16-7)11-10(15)12-9/h6-7,9H,1-5H2,(H,13,14)(H2,11,12,15)/t6?,7-,9-/m1/s1. The molecule has 0 aliphatic carbocycles. The van der Waals surface area contributed by atoms with Gasteiger partial charge in [0.15, 0.2) is 0 Å². The summed E-state index contributed by atoms with van der Waals surface area (Å²) in [5.41, 5.74) is 0. The topological polar surface area (TPSA) is 78.4 Å². The van der Waals surface area contributed by atoms with E-state index in [4.69, 9.17) is 5.11 Å². The van der Waals surface area contributed by atoms with Crippen LogP contribution in [0.3, 0.4) is 0 Å². The Balaban J connectivity index is 1.70. The van der Waals surface area contributed by atoms with Crippen molar-refractivity contribution in [3.05, 3.63) is 0 Å². The Hall–Kier alpha value is -0.910. The third-order valence-electron chi connectivity index (χ3n) is 3.07. The Morgan fingerprint density at radius 2 is 2.25 bits per heavy atom. The Morgan fingerprint density at radius 3 is 3.00 bits per heavy atom. The van der Waals surface area contributed by atoms with Gasteiger partial charge in [0.05, 0.1) is 12.1 Å². The van der Waals surface area contributed by atoms with E-state index < -0.39 is 5.97 Å². The first-order valence-corrected chi connectivity index (χ1v) is 6.62. The SMILES string of the molecule is O=C(O)CCCC[C@H]1SCC2NC(=O)N[C@H]21. The number of fused-ring (bicyclic) bond motifs is 1. The summed E-state index contributed by atoms with van der Waals surface area (Å²) in [5, 5.41) is 14.8. The van der Waals surface area contributed by atoms with Crippen LogP contribution in [-0.4, -0.2) is 40.2 Å². The number of thioether (sulfide) groups is 1. The molecule has 1 unspecified atom stereocenters. The highest BCUT2D eigenvalue weighted by atomic mass is 32.2. The quantitative estimate of drug-likeness (QED) is 0.493. The van der Waals surface area contributed by atoms with Gasteiger partial charge < -0.3 is 15.7 Å². The molecule has 3 N–H and O–H groups in total. The largest absolute Gasteiger partial charge is 0.481 e. The minimum absolute atomic E-state index is 0.0640. The smallest absolute Gasteiger partial charge is 0.315 e. The number of carbonyl (C=O) groups is 2. The number of rotatable bonds is 5. The van der Waals surface area contributed by atoms with Crippen molar-refractivity contribution >= 4 is 23.8 Å². The number of nitrogens with one attached hydrogen (secondary N) is 2. The van der Waals surface area contributed by atoms with Crippen molar-refractivity contribution in [1.82, 2.24) is 10.6 Å². The molecule has 0 bridgehead atoms. The molecule has 0 spiro atoms. The Bertz CT molecular complexity index is 298. The molecule has 2 rings (SSSR count). The highest BCUT2D eigenvalue weighted by Crippen LogP contribution is 2.33. The predicted molar refractivity (Wildman–Crippen MR) is 61.6 cm³/mol. The van der Waals surface area contributed by atoms with Gasteiger partial charge in [0.25, 0.3) is 0 Å². The van der Waals surface area contributed by atoms with E-state index in [9.17, 15) is 9.59 Å². The molecule has 2 fully saturated rings. The lowest BCUT2D eigenvalue weighted by molar-refractivity contribution is -0.137. The summed E-state index contributed by atoms with van der Waals surface area (Å²) in [6.07, 6.45) is 2.88. The molecule has 90 valence electrons. The highest BCUT2D eigenvalue weighted by molar-refractivity contribution is 8.00. The van der Waals surface area contributed by atoms with E-state index in [1.54, 1.807) is 0 Å². The van der Waals surface area contributed by atoms with Gasteiger partial charge in [-0.15, -0.1) is 0 Å². The van der Waals surface area contributed by atoms with Crippen molar-refractivity contribution in [2.24, 2.45) is 0 Å². The number of urea groups is 1. The maximum Gasteiger partial charge on any atom is 0.315 e. The van der Waals surface area contributed by atoms with Crippen molar-refractivity contribution in [3.63, 3.8) is 0 Å². The molecule has 0 saturated carbocycles. The lowest BCUT2D eigenvalue weighted by Crippen LogP contribution is -2.36. The summed E-state index contributed by atoms with van der Waals surface area (Å²) in [5.74, 6) is 0.236. The lowest BCUT2D eigenvalue weighted by Gasteiger charge is -2.16. The van der Waals surface area contributed by atoms with E-state index in [-0.39, 0.29) is 24.5 Å². The number of hydrogen-bond acceptors (Lipinski definition) is 3. The summed E-state index contributed by atoms with van der Waals surface area (Å²) in [4.78, 5) is 21.5. The molecule has 2 heterocycles. The van der Waals surface area contributed by atoms with Crippen LogP contribution in [-0.2, 0) is 4.79 Å². The third-order valence-corrected chi connectivity index (χ3v) is 4.58. The number of aliphatic carboxylic acids is 1. The van der Waals surface area contributed by atoms with Crippen LogP contribution in [0, 0.1) is 0 Å². The minimum Gasteiger partial charge on any atom is -0.481 e. The zero-order chi connectivity index (χ0) is 11.5. The molecule has 0 radical (unpaired) electrons. The maximum atomic E-state index is 11.1. The van der Waals surface area contributed by atoms with Crippen molar-refractivity contribution in [3.8, 4) is 0 Å². The van der Waals surface area contributed by atoms with E-state index in [0.29, 0.717) is 5.25 Å². The van der Waals surface area contributed by atoms with Crippen LogP contribution in [0.2, 0.25) is 0 Å². The fourth-order valence-electron chi connectivity index (χ4n) is 2.26. The molecule has 16 heavy (non-hydrogen) atoms. The van der Waals surface area contributed by atoms with E-state index in [0.717, 1.165) is 25.0 Å². The number of carbonyl (C=O) groups excluding carboxylic acids is 1. The first-order chi connectivity index (χ1) is 7.66. The number of unbranched alkanes of at least 4 members (excludes halogenated alkanes) is 1. The van der Waals surface area contributed by atoms with E-state index in [1.165, 1.54) is 0 Å². The molecule has 2 saturated heterocycles. The molecule has 0 aromatic rings. The molecule has 0 aromatic heterocycles. The second-order valence-electron chi connectivity index (χ2n) is 4.26. The fourth-order valence-corrected chi connectivity index (χ4v) is 3.81. The van der Waals surface area contributed by atoms with Gasteiger partial charge >= 0.3 is 12.0 Å². The van der Waals surface area contributed by atoms with Gasteiger partial charge in [-0.05, 0) is 12.8 Å². The van der Waals surface area contributed by atoms with Crippen LogP contribution in [0.5, 0.6) is 0 Å². The van der Waals surface area contributed by atoms with Crippen LogP contribution in [0.1, 0.15) is 25.7 Å². The number of amides is 2. The van der Waals surface area contributed by atoms with E-state index in [2.05, 4.69) is 10.6 Å². The van der Waals surface area contributed by atoms with Crippen molar-refractivity contribution < 1.29 is 14.7 Å². The summed E-state index contributed by atoms with van der Waals surface area (Å²) in [6.45, 7) is 0. The minimum atomic E-state index is -0.729. The van der Waals surface area contributed by atoms with E-state index >= 15 is 0 Å². The van der Waals surface area contributed by atoms with Gasteiger partial charge in [-0.3, -0.25) is 4.79 Å². The zero-order valence-corrected chi connectivity index (χ0v) is 9.76. The summed E-state index contributed by atoms with van der Waals surface area (Å²) in [6, 6.07) is 0.440. The molecule has 0 aromatic carbocycles. The van der Waals surface area contributed by atoms with E-state index in [1.807, 2.05) is 11.8 Å². The number of carboxylic acid groups (broad SMARTS) is 1. The van der Waals surface area contributed by atoms with Crippen molar-refractivity contribution in [2.75, 3.05) is 5.75 Å². The molecular weight excluding hydrogens is 228 g/mol. The first kappa shape index (κ1) is 11.6. The van der Waals surface area contributed by atoms with Crippen LogP contribution in [0.25, 0.3) is 0 Å². The van der Waals surface area contributed by atoms with Crippen LogP contribution in [0.4, 0.5) is 4.79 Å². The van der Waals surface area contributed by atoms with Crippen molar-refractivity contribution in [2.45, 2.75) is 43.0 Å². The van der Waals surface area contributed by atoms with Crippen molar-refractivity contribution in [1.29, 1.82) is 0 Å². The molecule has 2 amide bonds. The normalized spacial score (nSPS) is 32.0. The summed E-state index contributed by atoms with van der Waals surface area (Å²) < 4.78 is 0. The Morgan fingerprint density at radius 1 is 1.44 bits per heavy atom. The average molecular weight is 244 g/mol. The molecule has 3 atom stereocenters. The molecular formula is C10H16N2O3S. The molecule has 5 nitrogen and oxygen atoms in total. The number of hydrogen-bond donors (Lipinski definition) is 3. The Labute approximate surface area is 98.4 Å². The van der Waals surface area contributed by atoms with Gasteiger partial charge in [-0.1, -0.05) is 6.42 Å². The Kier molecular flexibility index (Phi) is 3.58. The fraction of sp³-hybridized carbons (Fsp3) is 0.800. The van der Waals surface area contributed by atoms with Crippen LogP contribution >= 0.6 is 11.8 Å². The molecule has 2 aliphatic heterocycles. The van der Waals surface area contributed by atoms with Gasteiger partial charge in [-0.25, -0.2) is 4.79 Å². The average Bonchev–Trinajstić information content (AvgIpc) is 2.72. The van der Waals surface area contributed by atoms with Crippen LogP contribution < -0.4 is 10.6 Å². The highest BCUT2D eigenvalue weighted by Gasteiger charge is 2.42. The lowest BCUT2D eigenvalue weighted by atomic mass is 10.0. The van der Waals surface area contributed by atoms with Gasteiger partial charge in [0.1, 0.15) is 0 Å². The maximum absolute atomic E-state index is 11.1. The van der Waals surface area contributed by atoms with Gasteiger partial charge in [0, 0.05) is 17.4 Å². The molecule has 6 heteroatoms. The first-order valence-electron chi connectivity index (χ1n) is 5.57. The second-order valence-corrected chi connectivity index (χ2v) is 5.53. The van der Waals surface area contributed by atoms with Crippen LogP contribution in [0.15, 0.2) is 0 Å². The van der Waals surface area contributed by atoms with Gasteiger partial charge in [-0.2, -0.15) is 11.8 Å². The predicted octanol–water partition coefficient (Wildman–Crippen LogP) is 0.797. The monoisotopic (exact) mass is 244 g/mol.